The number of fused-ring (bicyclic) bond motifs is 1. The molecule has 0 aliphatic heterocycles. The number of primary amides is 1. The van der Waals surface area contributed by atoms with Crippen molar-refractivity contribution in [1.29, 1.82) is 0 Å². The van der Waals surface area contributed by atoms with Crippen LogP contribution in [0.4, 0.5) is 23.7 Å². The number of nitrogens with two attached hydrogens (primary N) is 1. The van der Waals surface area contributed by atoms with E-state index >= 15 is 0 Å². The number of halogens is 3. The molecular formula is C19H27F3N4O2S2. The summed E-state index contributed by atoms with van der Waals surface area (Å²) in [5.41, 5.74) is 4.66. The van der Waals surface area contributed by atoms with Crippen molar-refractivity contribution >= 4 is 35.7 Å². The van der Waals surface area contributed by atoms with Gasteiger partial charge in [0.05, 0.1) is 5.69 Å². The summed E-state index contributed by atoms with van der Waals surface area (Å²) >= 11 is 5.00. The van der Waals surface area contributed by atoms with Gasteiger partial charge in [0, 0.05) is 22.8 Å². The minimum absolute atomic E-state index is 0.00644. The van der Waals surface area contributed by atoms with E-state index in [4.69, 9.17) is 5.73 Å². The molecule has 11 heteroatoms. The fourth-order valence-corrected chi connectivity index (χ4v) is 3.66. The van der Waals surface area contributed by atoms with Crippen molar-refractivity contribution in [1.82, 2.24) is 9.97 Å². The van der Waals surface area contributed by atoms with Crippen LogP contribution in [0.5, 0.6) is 0 Å². The van der Waals surface area contributed by atoms with Crippen molar-refractivity contribution in [3.63, 3.8) is 0 Å². The van der Waals surface area contributed by atoms with Crippen molar-refractivity contribution in [2.24, 2.45) is 5.73 Å². The van der Waals surface area contributed by atoms with E-state index in [2.05, 4.69) is 27.9 Å². The van der Waals surface area contributed by atoms with Gasteiger partial charge in [-0.25, -0.2) is 14.8 Å². The van der Waals surface area contributed by atoms with Crippen LogP contribution in [0.25, 0.3) is 0 Å². The lowest BCUT2D eigenvalue weighted by Gasteiger charge is -2.18. The molecule has 30 heavy (non-hydrogen) atoms. The lowest BCUT2D eigenvalue weighted by atomic mass is 10.0. The monoisotopic (exact) mass is 464 g/mol. The predicted molar refractivity (Wildman–Crippen MR) is 116 cm³/mol. The number of thiol groups is 1. The third kappa shape index (κ3) is 6.85. The van der Waals surface area contributed by atoms with Gasteiger partial charge in [-0.2, -0.15) is 25.8 Å². The van der Waals surface area contributed by atoms with Crippen molar-refractivity contribution in [2.45, 2.75) is 58.2 Å². The number of hydrogen-bond donors (Lipinski definition) is 4. The number of aliphatic hydroxyl groups is 1. The van der Waals surface area contributed by atoms with Crippen molar-refractivity contribution in [2.75, 3.05) is 11.6 Å². The molecule has 0 aromatic carbocycles. The van der Waals surface area contributed by atoms with Gasteiger partial charge in [0.25, 0.3) is 0 Å². The van der Waals surface area contributed by atoms with Gasteiger partial charge in [-0.05, 0) is 51.3 Å². The Balaban J connectivity index is 0.000000342. The van der Waals surface area contributed by atoms with E-state index in [0.29, 0.717) is 24.1 Å². The SMILES string of the molecule is CC(C)(O)c1nccs1.CCc1c(C(F)(F)F)nc2c(c1NC(N)=O)CCC2.CS. The number of aromatic nitrogens is 2. The Labute approximate surface area is 183 Å². The second kappa shape index (κ2) is 11.0. The molecule has 6 nitrogen and oxygen atoms in total. The quantitative estimate of drug-likeness (QED) is 0.500. The van der Waals surface area contributed by atoms with Crippen LogP contribution in [0, 0.1) is 0 Å². The van der Waals surface area contributed by atoms with Gasteiger partial charge < -0.3 is 16.2 Å². The number of urea groups is 1. The number of nitrogens with one attached hydrogen (secondary N) is 1. The van der Waals surface area contributed by atoms with E-state index in [0.717, 1.165) is 11.4 Å². The molecule has 0 radical (unpaired) electrons. The summed E-state index contributed by atoms with van der Waals surface area (Å²) in [5.74, 6) is 0. The summed E-state index contributed by atoms with van der Waals surface area (Å²) in [4.78, 5) is 18.7. The maximum atomic E-state index is 13.0. The molecule has 1 aliphatic carbocycles. The fourth-order valence-electron chi connectivity index (χ4n) is 3.00. The van der Waals surface area contributed by atoms with Gasteiger partial charge in [-0.15, -0.1) is 11.3 Å². The normalized spacial score (nSPS) is 12.8. The van der Waals surface area contributed by atoms with Gasteiger partial charge >= 0.3 is 12.2 Å². The number of carbonyl (C=O) groups excluding carboxylic acids is 1. The van der Waals surface area contributed by atoms with Gasteiger partial charge in [0.1, 0.15) is 16.3 Å². The highest BCUT2D eigenvalue weighted by Gasteiger charge is 2.38. The molecule has 0 atom stereocenters. The molecule has 2 aromatic rings. The van der Waals surface area contributed by atoms with E-state index in [9.17, 15) is 23.1 Å². The Hall–Kier alpha value is -1.85. The molecule has 168 valence electrons. The topological polar surface area (TPSA) is 101 Å². The van der Waals surface area contributed by atoms with Crippen molar-refractivity contribution in [3.05, 3.63) is 39.1 Å². The Morgan fingerprint density at radius 1 is 1.33 bits per heavy atom. The van der Waals surface area contributed by atoms with Crippen LogP contribution in [0.2, 0.25) is 0 Å². The van der Waals surface area contributed by atoms with Crippen LogP contribution in [0.15, 0.2) is 11.6 Å². The van der Waals surface area contributed by atoms with E-state index in [-0.39, 0.29) is 17.7 Å². The standard InChI is InChI=1S/C12H14F3N3O.C6H9NOS.CH4S/c1-2-6-9(18-11(16)19)7-4-3-5-8(7)17-10(6)12(13,14)15;1-6(2,8)5-7-3-4-9-5;1-2/h2-5H2,1H3,(H3,16,17,18,19);3-4,8H,1-2H3;2H,1H3. The van der Waals surface area contributed by atoms with Gasteiger partial charge in [0.15, 0.2) is 0 Å². The Bertz CT molecular complexity index is 836. The molecular weight excluding hydrogens is 437 g/mol. The molecule has 1 aliphatic rings. The van der Waals surface area contributed by atoms with Crippen LogP contribution in [-0.4, -0.2) is 27.4 Å². The number of amides is 2. The molecule has 0 unspecified atom stereocenters. The van der Waals surface area contributed by atoms with E-state index in [1.165, 1.54) is 11.3 Å². The molecule has 0 saturated heterocycles. The fraction of sp³-hybridized carbons (Fsp3) is 0.526. The van der Waals surface area contributed by atoms with Crippen molar-refractivity contribution in [3.8, 4) is 0 Å². The van der Waals surface area contributed by atoms with Crippen LogP contribution in [0.1, 0.15) is 54.7 Å². The van der Waals surface area contributed by atoms with Crippen molar-refractivity contribution < 1.29 is 23.1 Å². The Morgan fingerprint density at radius 2 is 1.97 bits per heavy atom. The number of aryl methyl sites for hydroxylation is 1. The summed E-state index contributed by atoms with van der Waals surface area (Å²) in [6, 6.07) is -0.858. The third-order valence-corrected chi connectivity index (χ3v) is 5.24. The maximum absolute atomic E-state index is 13.0. The van der Waals surface area contributed by atoms with Crippen LogP contribution < -0.4 is 11.1 Å². The number of pyridine rings is 1. The first kappa shape index (κ1) is 26.2. The summed E-state index contributed by atoms with van der Waals surface area (Å²) in [6.45, 7) is 5.05. The zero-order valence-corrected chi connectivity index (χ0v) is 19.0. The molecule has 2 amide bonds. The molecule has 0 fully saturated rings. The van der Waals surface area contributed by atoms with E-state index in [1.54, 1.807) is 33.2 Å². The van der Waals surface area contributed by atoms with Crippen LogP contribution >= 0.6 is 24.0 Å². The number of thiazole rings is 1. The first-order chi connectivity index (χ1) is 13.9. The predicted octanol–water partition coefficient (Wildman–Crippen LogP) is 4.56. The lowest BCUT2D eigenvalue weighted by molar-refractivity contribution is -0.141. The zero-order chi connectivity index (χ0) is 23.1. The molecule has 3 rings (SSSR count). The highest BCUT2D eigenvalue weighted by atomic mass is 32.1. The second-order valence-electron chi connectivity index (χ2n) is 6.83. The summed E-state index contributed by atoms with van der Waals surface area (Å²) < 4.78 is 39.0. The molecule has 0 bridgehead atoms. The average molecular weight is 465 g/mol. The number of alkyl halides is 3. The molecule has 0 spiro atoms. The molecule has 2 heterocycles. The first-order valence-electron chi connectivity index (χ1n) is 9.20. The van der Waals surface area contributed by atoms with Gasteiger partial charge in [-0.1, -0.05) is 6.92 Å². The minimum atomic E-state index is -4.53. The Morgan fingerprint density at radius 3 is 2.37 bits per heavy atom. The highest BCUT2D eigenvalue weighted by Crippen LogP contribution is 2.39. The van der Waals surface area contributed by atoms with E-state index in [1.807, 2.05) is 5.38 Å². The molecule has 0 saturated carbocycles. The van der Waals surface area contributed by atoms with Crippen LogP contribution in [0.3, 0.4) is 0 Å². The average Bonchev–Trinajstić information content (AvgIpc) is 3.34. The highest BCUT2D eigenvalue weighted by molar-refractivity contribution is 7.79. The molecule has 2 aromatic heterocycles. The van der Waals surface area contributed by atoms with E-state index < -0.39 is 23.5 Å². The number of hydrogen-bond acceptors (Lipinski definition) is 6. The Kier molecular flexibility index (Phi) is 9.57. The lowest BCUT2D eigenvalue weighted by Crippen LogP contribution is -2.24. The summed E-state index contributed by atoms with van der Waals surface area (Å²) in [7, 11) is 0. The number of rotatable bonds is 3. The van der Waals surface area contributed by atoms with Gasteiger partial charge in [0.2, 0.25) is 0 Å². The van der Waals surface area contributed by atoms with Crippen LogP contribution in [-0.2, 0) is 31.0 Å². The second-order valence-corrected chi connectivity index (χ2v) is 7.72. The number of carbonyl (C=O) groups is 1. The number of nitrogens with zero attached hydrogens (tertiary/aromatic N) is 2. The molecule has 4 N–H and O–H groups in total. The third-order valence-electron chi connectivity index (χ3n) is 4.15. The summed E-state index contributed by atoms with van der Waals surface area (Å²) in [5, 5.41) is 14.3. The summed E-state index contributed by atoms with van der Waals surface area (Å²) in [6.07, 6.45) is 0.832. The van der Waals surface area contributed by atoms with Gasteiger partial charge in [-0.3, -0.25) is 0 Å². The number of anilines is 1. The minimum Gasteiger partial charge on any atom is -0.383 e. The largest absolute Gasteiger partial charge is 0.433 e. The first-order valence-corrected chi connectivity index (χ1v) is 11.0. The smallest absolute Gasteiger partial charge is 0.383 e. The maximum Gasteiger partial charge on any atom is 0.433 e. The zero-order valence-electron chi connectivity index (χ0n) is 17.3.